The van der Waals surface area contributed by atoms with Crippen molar-refractivity contribution in [1.29, 1.82) is 0 Å². The molecule has 0 radical (unpaired) electrons. The van der Waals surface area contributed by atoms with Gasteiger partial charge in [-0.1, -0.05) is 18.2 Å². The summed E-state index contributed by atoms with van der Waals surface area (Å²) in [4.78, 5) is 16.4. The fraction of sp³-hybridized carbons (Fsp3) is 0.250. The van der Waals surface area contributed by atoms with E-state index in [9.17, 15) is 18.0 Å². The van der Waals surface area contributed by atoms with Crippen LogP contribution in [0.25, 0.3) is 17.0 Å². The van der Waals surface area contributed by atoms with Gasteiger partial charge in [-0.2, -0.15) is 13.2 Å². The van der Waals surface area contributed by atoms with Crippen molar-refractivity contribution in [3.8, 4) is 17.2 Å². The van der Waals surface area contributed by atoms with Gasteiger partial charge in [0.25, 0.3) is 0 Å². The Labute approximate surface area is 199 Å². The number of carbonyl (C=O) groups is 1. The van der Waals surface area contributed by atoms with Crippen LogP contribution < -0.4 is 19.5 Å². The molecule has 180 valence electrons. The molecule has 2 aromatic carbocycles. The second-order valence-corrected chi connectivity index (χ2v) is 8.09. The van der Waals surface area contributed by atoms with Crippen LogP contribution in [0.2, 0.25) is 0 Å². The number of methoxy groups -OCH3 is 3. The number of aromatic nitrogens is 1. The van der Waals surface area contributed by atoms with Gasteiger partial charge in [-0.3, -0.25) is 4.79 Å². The third kappa shape index (κ3) is 6.13. The standard InChI is InChI=1S/C24H23F3N2O4S/c1-31-18-12-15(13-19(32-2)23(18)33-3)8-9-22(30)28-10-11-34-20-14-21(24(25,26)27)29-17-7-5-4-6-16(17)20/h4-9,12-14H,10-11H2,1-3H3,(H,28,30). The Morgan fingerprint density at radius 2 is 1.74 bits per heavy atom. The van der Waals surface area contributed by atoms with E-state index in [2.05, 4.69) is 10.3 Å². The first kappa shape index (κ1) is 25.2. The Morgan fingerprint density at radius 3 is 2.35 bits per heavy atom. The minimum atomic E-state index is -4.54. The largest absolute Gasteiger partial charge is 0.493 e. The number of hydrogen-bond donors (Lipinski definition) is 1. The van der Waals surface area contributed by atoms with Crippen LogP contribution in [0.3, 0.4) is 0 Å². The van der Waals surface area contributed by atoms with E-state index in [0.717, 1.165) is 6.07 Å². The molecule has 0 saturated carbocycles. The lowest BCUT2D eigenvalue weighted by atomic mass is 10.1. The third-order valence-electron chi connectivity index (χ3n) is 4.74. The van der Waals surface area contributed by atoms with Crippen molar-refractivity contribution in [2.75, 3.05) is 33.6 Å². The van der Waals surface area contributed by atoms with Crippen LogP contribution in [0.1, 0.15) is 11.3 Å². The van der Waals surface area contributed by atoms with Crippen molar-refractivity contribution in [3.63, 3.8) is 0 Å². The molecule has 0 spiro atoms. The van der Waals surface area contributed by atoms with Gasteiger partial charge in [-0.25, -0.2) is 4.98 Å². The van der Waals surface area contributed by atoms with E-state index in [1.165, 1.54) is 39.2 Å². The molecule has 3 rings (SSSR count). The summed E-state index contributed by atoms with van der Waals surface area (Å²) in [6.45, 7) is 0.265. The Hall–Kier alpha value is -3.40. The van der Waals surface area contributed by atoms with Gasteiger partial charge >= 0.3 is 6.18 Å². The Bertz CT molecular complexity index is 1170. The summed E-state index contributed by atoms with van der Waals surface area (Å²) in [7, 11) is 4.50. The number of pyridine rings is 1. The Morgan fingerprint density at radius 1 is 1.06 bits per heavy atom. The van der Waals surface area contributed by atoms with E-state index < -0.39 is 11.9 Å². The van der Waals surface area contributed by atoms with Crippen LogP contribution in [0.5, 0.6) is 17.2 Å². The lowest BCUT2D eigenvalue weighted by Gasteiger charge is -2.12. The molecule has 0 fully saturated rings. The maximum Gasteiger partial charge on any atom is 0.433 e. The molecular weight excluding hydrogens is 469 g/mol. The maximum atomic E-state index is 13.2. The summed E-state index contributed by atoms with van der Waals surface area (Å²) in [5.74, 6) is 1.41. The summed E-state index contributed by atoms with van der Waals surface area (Å²) in [6, 6.07) is 11.1. The highest BCUT2D eigenvalue weighted by atomic mass is 32.2. The molecule has 0 aliphatic carbocycles. The van der Waals surface area contributed by atoms with Crippen LogP contribution in [-0.2, 0) is 11.0 Å². The zero-order valence-electron chi connectivity index (χ0n) is 18.7. The molecule has 1 N–H and O–H groups in total. The number of halogens is 3. The first-order valence-electron chi connectivity index (χ1n) is 10.1. The summed E-state index contributed by atoms with van der Waals surface area (Å²) in [5.41, 5.74) is 0.00474. The highest BCUT2D eigenvalue weighted by Crippen LogP contribution is 2.38. The number of ether oxygens (including phenoxy) is 3. The number of para-hydroxylation sites is 1. The number of alkyl halides is 3. The minimum absolute atomic E-state index is 0.265. The average Bonchev–Trinajstić information content (AvgIpc) is 2.83. The second-order valence-electron chi connectivity index (χ2n) is 6.95. The highest BCUT2D eigenvalue weighted by molar-refractivity contribution is 7.99. The zero-order valence-corrected chi connectivity index (χ0v) is 19.5. The fourth-order valence-corrected chi connectivity index (χ4v) is 4.12. The van der Waals surface area contributed by atoms with Gasteiger partial charge in [-0.05, 0) is 35.9 Å². The normalized spacial score (nSPS) is 11.6. The van der Waals surface area contributed by atoms with Crippen LogP contribution in [0, 0.1) is 0 Å². The van der Waals surface area contributed by atoms with Gasteiger partial charge in [0.05, 0.1) is 26.8 Å². The Balaban J connectivity index is 1.62. The molecule has 0 aliphatic heterocycles. The molecule has 0 aliphatic rings. The number of rotatable bonds is 9. The molecule has 34 heavy (non-hydrogen) atoms. The first-order valence-corrected chi connectivity index (χ1v) is 11.1. The third-order valence-corrected chi connectivity index (χ3v) is 5.80. The maximum absolute atomic E-state index is 13.2. The Kier molecular flexibility index (Phi) is 8.27. The van der Waals surface area contributed by atoms with Crippen LogP contribution in [0.4, 0.5) is 13.2 Å². The van der Waals surface area contributed by atoms with E-state index in [1.807, 2.05) is 0 Å². The molecule has 0 bridgehead atoms. The smallest absolute Gasteiger partial charge is 0.433 e. The lowest BCUT2D eigenvalue weighted by Crippen LogP contribution is -2.23. The van der Waals surface area contributed by atoms with E-state index in [0.29, 0.717) is 38.8 Å². The molecule has 3 aromatic rings. The summed E-state index contributed by atoms with van der Waals surface area (Å²) in [6.07, 6.45) is -1.58. The van der Waals surface area contributed by atoms with Gasteiger partial charge in [0.15, 0.2) is 11.5 Å². The van der Waals surface area contributed by atoms with Gasteiger partial charge in [0.2, 0.25) is 11.7 Å². The van der Waals surface area contributed by atoms with Crippen molar-refractivity contribution in [2.24, 2.45) is 0 Å². The van der Waals surface area contributed by atoms with E-state index in [4.69, 9.17) is 14.2 Å². The van der Waals surface area contributed by atoms with E-state index in [1.54, 1.807) is 42.5 Å². The predicted octanol–water partition coefficient (Wildman–Crippen LogP) is 5.20. The monoisotopic (exact) mass is 492 g/mol. The predicted molar refractivity (Wildman–Crippen MR) is 126 cm³/mol. The number of thioether (sulfide) groups is 1. The van der Waals surface area contributed by atoms with E-state index >= 15 is 0 Å². The van der Waals surface area contributed by atoms with Crippen molar-refractivity contribution in [2.45, 2.75) is 11.1 Å². The number of fused-ring (bicyclic) bond motifs is 1. The van der Waals surface area contributed by atoms with Crippen molar-refractivity contribution in [3.05, 3.63) is 59.8 Å². The van der Waals surface area contributed by atoms with Gasteiger partial charge in [-0.15, -0.1) is 11.8 Å². The number of carbonyl (C=O) groups excluding carboxylic acids is 1. The van der Waals surface area contributed by atoms with E-state index in [-0.39, 0.29) is 18.0 Å². The number of amides is 1. The molecule has 1 amide bonds. The lowest BCUT2D eigenvalue weighted by molar-refractivity contribution is -0.141. The SMILES string of the molecule is COc1cc(C=CC(=O)NCCSc2cc(C(F)(F)F)nc3ccccc23)cc(OC)c1OC. The number of nitrogens with one attached hydrogen (secondary N) is 1. The zero-order chi connectivity index (χ0) is 24.7. The van der Waals surface area contributed by atoms with Gasteiger partial charge in [0.1, 0.15) is 5.69 Å². The summed E-state index contributed by atoms with van der Waals surface area (Å²) >= 11 is 1.22. The van der Waals surface area contributed by atoms with Gasteiger partial charge in [0, 0.05) is 28.7 Å². The molecule has 0 unspecified atom stereocenters. The van der Waals surface area contributed by atoms with Crippen molar-refractivity contribution < 1.29 is 32.2 Å². The summed E-state index contributed by atoms with van der Waals surface area (Å²) < 4.78 is 55.4. The molecule has 10 heteroatoms. The van der Waals surface area contributed by atoms with Crippen molar-refractivity contribution >= 4 is 34.6 Å². The quantitative estimate of drug-likeness (QED) is 0.252. The minimum Gasteiger partial charge on any atom is -0.493 e. The molecule has 0 saturated heterocycles. The molecule has 1 aromatic heterocycles. The number of benzene rings is 2. The first-order chi connectivity index (χ1) is 16.3. The molecule has 6 nitrogen and oxygen atoms in total. The highest BCUT2D eigenvalue weighted by Gasteiger charge is 2.33. The van der Waals surface area contributed by atoms with Gasteiger partial charge < -0.3 is 19.5 Å². The fourth-order valence-electron chi connectivity index (χ4n) is 3.17. The topological polar surface area (TPSA) is 69.7 Å². The molecule has 0 atom stereocenters. The number of nitrogens with zero attached hydrogens (tertiary/aromatic N) is 1. The van der Waals surface area contributed by atoms with Crippen LogP contribution >= 0.6 is 11.8 Å². The van der Waals surface area contributed by atoms with Crippen molar-refractivity contribution in [1.82, 2.24) is 10.3 Å². The number of hydrogen-bond acceptors (Lipinski definition) is 6. The second kappa shape index (κ2) is 11.1. The molecule has 1 heterocycles. The van der Waals surface area contributed by atoms with Crippen LogP contribution in [0.15, 0.2) is 53.4 Å². The molecular formula is C24H23F3N2O4S. The average molecular weight is 493 g/mol. The van der Waals surface area contributed by atoms with Crippen LogP contribution in [-0.4, -0.2) is 44.5 Å². The summed E-state index contributed by atoms with van der Waals surface area (Å²) in [5, 5.41) is 3.36.